The first-order valence-electron chi connectivity index (χ1n) is 15.5. The predicted octanol–water partition coefficient (Wildman–Crippen LogP) is 0.388. The Hall–Kier alpha value is -3.19. The average Bonchev–Trinajstić information content (AvgIpc) is 3.39. The summed E-state index contributed by atoms with van der Waals surface area (Å²) in [5.74, 6) is -5.34. The number of amides is 3. The second-order valence-electron chi connectivity index (χ2n) is 13.3. The lowest BCUT2D eigenvalue weighted by Crippen LogP contribution is -2.82. The third-order valence-electron chi connectivity index (χ3n) is 9.13. The van der Waals surface area contributed by atoms with Gasteiger partial charge in [0.25, 0.3) is 5.91 Å². The minimum Gasteiger partial charge on any atom is -0.550 e. The van der Waals surface area contributed by atoms with Crippen LogP contribution in [-0.4, -0.2) is 101 Å². The SMILES string of the molecule is CC1(C)S[C@H]2N(C(=O)[C@@]2(COC(=O)[C@H]2C(C)(C)S[C@@H]3CC(=O)[N+]32Br)NC(=O)C(N)c2ccccc2)[C@H]1C(=O)OCOC(=O)CCCC(=O)[O-]. The zero-order valence-corrected chi connectivity index (χ0v) is 30.4. The number of esters is 3. The number of nitrogens with two attached hydrogens (primary N) is 1. The van der Waals surface area contributed by atoms with Crippen LogP contribution in [0.25, 0.3) is 0 Å². The van der Waals surface area contributed by atoms with E-state index in [9.17, 15) is 38.7 Å². The Bertz CT molecular complexity index is 1580. The molecule has 3 N–H and O–H groups in total. The van der Waals surface area contributed by atoms with Gasteiger partial charge in [0.1, 0.15) is 30.5 Å². The van der Waals surface area contributed by atoms with Crippen LogP contribution < -0.4 is 16.2 Å². The van der Waals surface area contributed by atoms with Gasteiger partial charge in [-0.2, -0.15) is 3.51 Å². The normalized spacial score (nSPS) is 30.9. The molecule has 4 aliphatic rings. The third kappa shape index (κ3) is 6.57. The first-order chi connectivity index (χ1) is 22.9. The fourth-order valence-electron chi connectivity index (χ4n) is 6.65. The highest BCUT2D eigenvalue weighted by molar-refractivity contribution is 9.05. The summed E-state index contributed by atoms with van der Waals surface area (Å²) in [5.41, 5.74) is 4.93. The highest BCUT2D eigenvalue weighted by Crippen LogP contribution is 2.60. The number of quaternary nitrogens is 1. The smallest absolute Gasteiger partial charge is 0.368 e. The van der Waals surface area contributed by atoms with Crippen molar-refractivity contribution >= 4 is 81.3 Å². The number of benzene rings is 1. The van der Waals surface area contributed by atoms with Gasteiger partial charge in [0.15, 0.2) is 10.9 Å². The number of ether oxygens (including phenoxy) is 3. The molecule has 4 aliphatic heterocycles. The van der Waals surface area contributed by atoms with Crippen molar-refractivity contribution in [3.05, 3.63) is 35.9 Å². The highest BCUT2D eigenvalue weighted by atomic mass is 79.9. The molecule has 3 amide bonds. The Morgan fingerprint density at radius 3 is 2.33 bits per heavy atom. The Labute approximate surface area is 299 Å². The maximum absolute atomic E-state index is 14.2. The molecular weight excluding hydrogens is 748 g/mol. The maximum atomic E-state index is 14.2. The number of halogens is 1. The van der Waals surface area contributed by atoms with E-state index in [0.717, 1.165) is 0 Å². The van der Waals surface area contributed by atoms with Crippen LogP contribution in [0, 0.1) is 0 Å². The Morgan fingerprint density at radius 1 is 1.02 bits per heavy atom. The quantitative estimate of drug-likeness (QED) is 0.120. The van der Waals surface area contributed by atoms with E-state index in [1.54, 1.807) is 44.2 Å². The second-order valence-corrected chi connectivity index (χ2v) is 18.1. The zero-order valence-electron chi connectivity index (χ0n) is 27.2. The van der Waals surface area contributed by atoms with E-state index in [1.165, 1.54) is 28.4 Å². The Kier molecular flexibility index (Phi) is 10.2. The van der Waals surface area contributed by atoms with E-state index >= 15 is 0 Å². The molecule has 5 rings (SSSR count). The molecule has 266 valence electrons. The summed E-state index contributed by atoms with van der Waals surface area (Å²) in [5, 5.41) is 12.2. The summed E-state index contributed by atoms with van der Waals surface area (Å²) in [6.45, 7) is 5.69. The van der Waals surface area contributed by atoms with Crippen LogP contribution in [-0.2, 0) is 47.8 Å². The number of rotatable bonds is 13. The van der Waals surface area contributed by atoms with Crippen LogP contribution in [0.2, 0.25) is 0 Å². The van der Waals surface area contributed by atoms with E-state index in [4.69, 9.17) is 19.9 Å². The Balaban J connectivity index is 1.34. The van der Waals surface area contributed by atoms with Crippen molar-refractivity contribution in [3.63, 3.8) is 0 Å². The number of thioether (sulfide) groups is 2. The van der Waals surface area contributed by atoms with Gasteiger partial charge >= 0.3 is 23.8 Å². The van der Waals surface area contributed by atoms with E-state index in [1.807, 2.05) is 13.8 Å². The molecule has 4 heterocycles. The van der Waals surface area contributed by atoms with Gasteiger partial charge in [-0.15, -0.1) is 11.8 Å². The largest absolute Gasteiger partial charge is 0.550 e. The summed E-state index contributed by atoms with van der Waals surface area (Å²) in [6, 6.07) is 5.17. The van der Waals surface area contributed by atoms with E-state index < -0.39 is 87.6 Å². The topological polar surface area (TPSA) is 212 Å². The molecule has 4 fully saturated rings. The lowest BCUT2D eigenvalue weighted by molar-refractivity contribution is -0.757. The molecular formula is C31H37BrN4O11S2. The molecule has 0 spiro atoms. The fourth-order valence-corrected chi connectivity index (χ4v) is 11.4. The summed E-state index contributed by atoms with van der Waals surface area (Å²) >= 11 is 6.14. The van der Waals surface area contributed by atoms with Crippen LogP contribution >= 0.6 is 39.7 Å². The van der Waals surface area contributed by atoms with Gasteiger partial charge in [-0.25, -0.2) is 14.4 Å². The molecule has 0 radical (unpaired) electrons. The van der Waals surface area contributed by atoms with Crippen molar-refractivity contribution in [1.82, 2.24) is 10.2 Å². The maximum Gasteiger partial charge on any atom is 0.368 e. The molecule has 18 heteroatoms. The molecule has 0 aromatic heterocycles. The van der Waals surface area contributed by atoms with Crippen molar-refractivity contribution in [3.8, 4) is 0 Å². The molecule has 7 atom stereocenters. The third-order valence-corrected chi connectivity index (χ3v) is 14.0. The summed E-state index contributed by atoms with van der Waals surface area (Å²) in [7, 11) is 0. The lowest BCUT2D eigenvalue weighted by atomic mass is 9.84. The molecule has 0 bridgehead atoms. The van der Waals surface area contributed by atoms with Gasteiger partial charge < -0.3 is 40.1 Å². The molecule has 1 aromatic rings. The standard InChI is InChI=1S/C31H37BrN4O11S2/c1-29(2)22(25(42)47-15-46-20(40)12-8-11-19(38)39)35-27(44)31(28(35)49-29,34-24(41)21(33)16-9-6-5-7-10-16)14-45-26(43)23-30(3,4)48-18-13-17(37)36(18,23)32/h5-7,9-10,18,21-23,28H,8,11-15,33H2,1-4H3,(H-,34,38,39,41)/t18-,21?,22+,23+,28-,31-,36?/m1/s1. The number of fused-ring (bicyclic) bond motifs is 2. The first kappa shape index (κ1) is 37.1. The lowest BCUT2D eigenvalue weighted by Gasteiger charge is -2.53. The van der Waals surface area contributed by atoms with Crippen LogP contribution in [0.5, 0.6) is 0 Å². The molecule has 1 aromatic carbocycles. The van der Waals surface area contributed by atoms with Gasteiger partial charge in [0, 0.05) is 17.1 Å². The first-order valence-corrected chi connectivity index (χ1v) is 17.9. The fraction of sp³-hybridized carbons (Fsp3) is 0.581. The summed E-state index contributed by atoms with van der Waals surface area (Å²) in [4.78, 5) is 91.2. The van der Waals surface area contributed by atoms with Crippen molar-refractivity contribution in [1.29, 1.82) is 0 Å². The minimum absolute atomic E-state index is 0.0126. The van der Waals surface area contributed by atoms with Gasteiger partial charge in [0.05, 0.1) is 4.75 Å². The van der Waals surface area contributed by atoms with Gasteiger partial charge in [-0.05, 0) is 46.1 Å². The van der Waals surface area contributed by atoms with E-state index in [0.29, 0.717) is 12.0 Å². The minimum atomic E-state index is -1.83. The van der Waals surface area contributed by atoms with Crippen LogP contribution in [0.4, 0.5) is 0 Å². The van der Waals surface area contributed by atoms with E-state index in [2.05, 4.69) is 21.5 Å². The number of nitrogens with zero attached hydrogens (tertiary/aromatic N) is 2. The van der Waals surface area contributed by atoms with Gasteiger partial charge in [-0.1, -0.05) is 42.1 Å². The number of carbonyl (C=O) groups excluding carboxylic acids is 7. The average molecular weight is 786 g/mol. The number of carboxylic acids is 1. The Morgan fingerprint density at radius 2 is 1.69 bits per heavy atom. The molecule has 15 nitrogen and oxygen atoms in total. The number of aliphatic carboxylic acids is 1. The molecule has 0 saturated carbocycles. The van der Waals surface area contributed by atoms with Gasteiger partial charge in [-0.3, -0.25) is 14.4 Å². The highest BCUT2D eigenvalue weighted by Gasteiger charge is 2.75. The molecule has 4 saturated heterocycles. The summed E-state index contributed by atoms with van der Waals surface area (Å²) < 4.78 is 13.9. The van der Waals surface area contributed by atoms with Crippen LogP contribution in [0.3, 0.4) is 0 Å². The summed E-state index contributed by atoms with van der Waals surface area (Å²) in [6.07, 6.45) is -0.283. The molecule has 49 heavy (non-hydrogen) atoms. The molecule has 0 aliphatic carbocycles. The van der Waals surface area contributed by atoms with E-state index in [-0.39, 0.29) is 34.1 Å². The number of carbonyl (C=O) groups is 7. The number of β-lactam (4-membered cyclic amide) rings is 2. The number of hydrogen-bond donors (Lipinski definition) is 2. The van der Waals surface area contributed by atoms with Gasteiger partial charge in [0.2, 0.25) is 34.9 Å². The number of hydrogen-bond acceptors (Lipinski definition) is 14. The van der Waals surface area contributed by atoms with Crippen LogP contribution in [0.15, 0.2) is 30.3 Å². The van der Waals surface area contributed by atoms with Crippen molar-refractivity contribution < 1.29 is 56.4 Å². The second kappa shape index (κ2) is 13.5. The van der Waals surface area contributed by atoms with Crippen molar-refractivity contribution in [2.75, 3.05) is 13.4 Å². The zero-order chi connectivity index (χ0) is 36.1. The van der Waals surface area contributed by atoms with Crippen molar-refractivity contribution in [2.45, 2.75) is 97.3 Å². The number of nitrogens with one attached hydrogen (secondary N) is 1. The predicted molar refractivity (Wildman–Crippen MR) is 175 cm³/mol. The monoisotopic (exact) mass is 784 g/mol. The number of carboxylic acid groups (broad SMARTS) is 1. The van der Waals surface area contributed by atoms with Crippen molar-refractivity contribution in [2.24, 2.45) is 5.73 Å². The van der Waals surface area contributed by atoms with Crippen LogP contribution in [0.1, 0.15) is 65.0 Å². The molecule has 2 unspecified atom stereocenters.